The van der Waals surface area contributed by atoms with Crippen molar-refractivity contribution in [3.05, 3.63) is 34.2 Å². The first-order valence-corrected chi connectivity index (χ1v) is 5.11. The number of hydrazine groups is 1. The van der Waals surface area contributed by atoms with Gasteiger partial charge in [-0.25, -0.2) is 5.84 Å². The van der Waals surface area contributed by atoms with Crippen molar-refractivity contribution >= 4 is 38.9 Å². The number of hydrogen-bond acceptors (Lipinski definition) is 3. The topological polar surface area (TPSA) is 55.1 Å². The highest BCUT2D eigenvalue weighted by atomic mass is 35.5. The molecule has 0 saturated heterocycles. The molecule has 2 aromatic rings. The van der Waals surface area contributed by atoms with Crippen LogP contribution in [0.1, 0.15) is 9.67 Å². The number of halogens is 1. The predicted molar refractivity (Wildman–Crippen MR) is 58.5 cm³/mol. The lowest BCUT2D eigenvalue weighted by atomic mass is 10.2. The minimum atomic E-state index is -0.351. The minimum Gasteiger partial charge on any atom is -0.289 e. The molecule has 3 N–H and O–H groups in total. The van der Waals surface area contributed by atoms with Crippen LogP contribution in [0.5, 0.6) is 0 Å². The van der Waals surface area contributed by atoms with E-state index in [1.165, 1.54) is 11.3 Å². The molecule has 5 heteroatoms. The van der Waals surface area contributed by atoms with Gasteiger partial charge in [-0.05, 0) is 6.07 Å². The van der Waals surface area contributed by atoms with E-state index in [0.717, 1.165) is 10.1 Å². The Bertz CT molecular complexity index is 495. The zero-order valence-electron chi connectivity index (χ0n) is 7.08. The van der Waals surface area contributed by atoms with Crippen LogP contribution in [-0.4, -0.2) is 5.91 Å². The second-order valence-electron chi connectivity index (χ2n) is 2.71. The second-order valence-corrected chi connectivity index (χ2v) is 4.14. The summed E-state index contributed by atoms with van der Waals surface area (Å²) in [7, 11) is 0. The Morgan fingerprint density at radius 2 is 2.14 bits per heavy atom. The smallest absolute Gasteiger partial charge is 0.276 e. The number of fused-ring (bicyclic) bond motifs is 1. The fraction of sp³-hybridized carbons (Fsp3) is 0. The normalized spacial score (nSPS) is 10.4. The molecule has 1 heterocycles. The third-order valence-electron chi connectivity index (χ3n) is 1.87. The van der Waals surface area contributed by atoms with Gasteiger partial charge in [0, 0.05) is 10.1 Å². The molecule has 0 bridgehead atoms. The summed E-state index contributed by atoms with van der Waals surface area (Å²) in [4.78, 5) is 11.7. The number of thiophene rings is 1. The van der Waals surface area contributed by atoms with E-state index >= 15 is 0 Å². The molecule has 72 valence electrons. The van der Waals surface area contributed by atoms with Gasteiger partial charge in [-0.1, -0.05) is 29.8 Å². The highest BCUT2D eigenvalue weighted by molar-refractivity contribution is 7.21. The molecule has 0 radical (unpaired) electrons. The Morgan fingerprint density at radius 3 is 2.79 bits per heavy atom. The molecule has 0 fully saturated rings. The van der Waals surface area contributed by atoms with Crippen molar-refractivity contribution in [2.24, 2.45) is 5.84 Å². The van der Waals surface area contributed by atoms with Crippen molar-refractivity contribution in [1.82, 2.24) is 5.43 Å². The Hall–Kier alpha value is -1.10. The van der Waals surface area contributed by atoms with E-state index in [1.807, 2.05) is 24.3 Å². The molecule has 0 aliphatic heterocycles. The maximum absolute atomic E-state index is 11.3. The number of rotatable bonds is 1. The van der Waals surface area contributed by atoms with Crippen molar-refractivity contribution in [3.8, 4) is 0 Å². The SMILES string of the molecule is NNC(=O)c1sc2ccccc2c1Cl. The maximum atomic E-state index is 11.3. The van der Waals surface area contributed by atoms with Crippen molar-refractivity contribution in [3.63, 3.8) is 0 Å². The summed E-state index contributed by atoms with van der Waals surface area (Å²) in [6, 6.07) is 7.57. The van der Waals surface area contributed by atoms with Crippen molar-refractivity contribution in [1.29, 1.82) is 0 Å². The maximum Gasteiger partial charge on any atom is 0.276 e. The average Bonchev–Trinajstić information content (AvgIpc) is 2.56. The summed E-state index contributed by atoms with van der Waals surface area (Å²) in [5.41, 5.74) is 2.07. The number of nitrogens with one attached hydrogen (secondary N) is 1. The summed E-state index contributed by atoms with van der Waals surface area (Å²) >= 11 is 7.36. The number of carbonyl (C=O) groups excluding carboxylic acids is 1. The zero-order valence-corrected chi connectivity index (χ0v) is 8.65. The third kappa shape index (κ3) is 1.37. The molecule has 14 heavy (non-hydrogen) atoms. The fourth-order valence-electron chi connectivity index (χ4n) is 1.23. The summed E-state index contributed by atoms with van der Waals surface area (Å²) in [6.45, 7) is 0. The Labute approximate surface area is 89.4 Å². The molecule has 1 amide bonds. The minimum absolute atomic E-state index is 0.351. The highest BCUT2D eigenvalue weighted by Gasteiger charge is 2.15. The lowest BCUT2D eigenvalue weighted by Crippen LogP contribution is -2.29. The number of hydrogen-bond donors (Lipinski definition) is 2. The number of benzene rings is 1. The first kappa shape index (κ1) is 9.45. The van der Waals surface area contributed by atoms with Gasteiger partial charge in [-0.3, -0.25) is 10.2 Å². The van der Waals surface area contributed by atoms with E-state index < -0.39 is 0 Å². The molecule has 2 rings (SSSR count). The molecule has 0 atom stereocenters. The van der Waals surface area contributed by atoms with Crippen LogP contribution in [0.25, 0.3) is 10.1 Å². The van der Waals surface area contributed by atoms with Crippen LogP contribution in [0.4, 0.5) is 0 Å². The van der Waals surface area contributed by atoms with Crippen LogP contribution < -0.4 is 11.3 Å². The van der Waals surface area contributed by atoms with E-state index in [1.54, 1.807) is 0 Å². The summed E-state index contributed by atoms with van der Waals surface area (Å²) in [5, 5.41) is 1.35. The van der Waals surface area contributed by atoms with Gasteiger partial charge in [-0.2, -0.15) is 0 Å². The number of carbonyl (C=O) groups is 1. The predicted octanol–water partition coefficient (Wildman–Crippen LogP) is 2.16. The number of nitrogen functional groups attached to an aromatic ring is 1. The zero-order chi connectivity index (χ0) is 10.1. The molecule has 0 saturated carbocycles. The molecule has 1 aromatic carbocycles. The lowest BCUT2D eigenvalue weighted by molar-refractivity contribution is 0.0958. The van der Waals surface area contributed by atoms with E-state index in [0.29, 0.717) is 9.90 Å². The molecule has 0 spiro atoms. The van der Waals surface area contributed by atoms with Gasteiger partial charge in [0.2, 0.25) is 0 Å². The van der Waals surface area contributed by atoms with Crippen LogP contribution >= 0.6 is 22.9 Å². The average molecular weight is 227 g/mol. The Kier molecular flexibility index (Phi) is 2.41. The standard InChI is InChI=1S/C9H7ClN2OS/c10-7-5-3-1-2-4-6(5)14-8(7)9(13)12-11/h1-4H,11H2,(H,12,13). The largest absolute Gasteiger partial charge is 0.289 e. The van der Waals surface area contributed by atoms with Crippen molar-refractivity contribution < 1.29 is 4.79 Å². The Morgan fingerprint density at radius 1 is 1.43 bits per heavy atom. The summed E-state index contributed by atoms with van der Waals surface area (Å²) in [5.74, 6) is 4.69. The molecular formula is C9H7ClN2OS. The molecule has 0 aliphatic carbocycles. The van der Waals surface area contributed by atoms with Crippen molar-refractivity contribution in [2.75, 3.05) is 0 Å². The van der Waals surface area contributed by atoms with E-state index in [-0.39, 0.29) is 5.91 Å². The van der Waals surface area contributed by atoms with Gasteiger partial charge >= 0.3 is 0 Å². The van der Waals surface area contributed by atoms with Gasteiger partial charge in [0.1, 0.15) is 4.88 Å². The lowest BCUT2D eigenvalue weighted by Gasteiger charge is -1.94. The van der Waals surface area contributed by atoms with Crippen LogP contribution in [-0.2, 0) is 0 Å². The van der Waals surface area contributed by atoms with E-state index in [9.17, 15) is 4.79 Å². The van der Waals surface area contributed by atoms with E-state index in [2.05, 4.69) is 5.43 Å². The summed E-state index contributed by atoms with van der Waals surface area (Å²) < 4.78 is 0.983. The fourth-order valence-corrected chi connectivity index (χ4v) is 2.65. The molecule has 1 aromatic heterocycles. The first-order chi connectivity index (χ1) is 6.74. The quantitative estimate of drug-likeness (QED) is 0.445. The van der Waals surface area contributed by atoms with Gasteiger partial charge in [0.25, 0.3) is 5.91 Å². The Balaban J connectivity index is 2.68. The van der Waals surface area contributed by atoms with Crippen LogP contribution in [0.2, 0.25) is 5.02 Å². The first-order valence-electron chi connectivity index (χ1n) is 3.92. The monoisotopic (exact) mass is 226 g/mol. The van der Waals surface area contributed by atoms with Crippen molar-refractivity contribution in [2.45, 2.75) is 0 Å². The van der Waals surface area contributed by atoms with Crippen LogP contribution in [0.15, 0.2) is 24.3 Å². The van der Waals surface area contributed by atoms with E-state index in [4.69, 9.17) is 17.4 Å². The molecule has 3 nitrogen and oxygen atoms in total. The molecule has 0 unspecified atom stereocenters. The van der Waals surface area contributed by atoms with Gasteiger partial charge in [-0.15, -0.1) is 11.3 Å². The number of nitrogens with two attached hydrogens (primary N) is 1. The molecule has 0 aliphatic rings. The number of amides is 1. The van der Waals surface area contributed by atoms with Crippen LogP contribution in [0.3, 0.4) is 0 Å². The van der Waals surface area contributed by atoms with Gasteiger partial charge in [0.05, 0.1) is 5.02 Å². The van der Waals surface area contributed by atoms with Crippen LogP contribution in [0, 0.1) is 0 Å². The molecular weight excluding hydrogens is 220 g/mol. The van der Waals surface area contributed by atoms with Gasteiger partial charge < -0.3 is 0 Å². The summed E-state index contributed by atoms with van der Waals surface area (Å²) in [6.07, 6.45) is 0. The highest BCUT2D eigenvalue weighted by Crippen LogP contribution is 2.34. The third-order valence-corrected chi connectivity index (χ3v) is 3.55. The second kappa shape index (κ2) is 3.57. The van der Waals surface area contributed by atoms with Gasteiger partial charge in [0.15, 0.2) is 0 Å².